The van der Waals surface area contributed by atoms with Crippen LogP contribution in [0.1, 0.15) is 68.4 Å². The minimum Gasteiger partial charge on any atom is -0.508 e. The number of aliphatic hydroxyl groups is 2. The van der Waals surface area contributed by atoms with Crippen LogP contribution < -0.4 is 0 Å². The van der Waals surface area contributed by atoms with E-state index in [0.29, 0.717) is 23.1 Å². The van der Waals surface area contributed by atoms with E-state index in [1.54, 1.807) is 42.5 Å². The molecule has 3 rings (SSSR count). The summed E-state index contributed by atoms with van der Waals surface area (Å²) in [4.78, 5) is 15.2. The van der Waals surface area contributed by atoms with E-state index >= 15 is 0 Å². The van der Waals surface area contributed by atoms with Crippen molar-refractivity contribution in [2.24, 2.45) is 0 Å². The Morgan fingerprint density at radius 1 is 0.861 bits per heavy atom. The predicted octanol–water partition coefficient (Wildman–Crippen LogP) is 5.13. The predicted molar refractivity (Wildman–Crippen MR) is 140 cm³/mol. The standard InChI is InChI=1S/C30H37NO5/c1-20(2)31(21(3)4)28(36-30(35)29(34)24-13-9-6-10-14-24)18-25(23-11-7-5-8-12-23)26-17-22(19-32)15-16-27(26)33/h5-17,20-21,25,28-29,32-34H,18-19H2,1-4H3/t25-,28?,29-/m1/s1. The van der Waals surface area contributed by atoms with Gasteiger partial charge in [-0.3, -0.25) is 4.90 Å². The van der Waals surface area contributed by atoms with Crippen LogP contribution in [0, 0.1) is 0 Å². The summed E-state index contributed by atoms with van der Waals surface area (Å²) in [5.74, 6) is -0.946. The fourth-order valence-electron chi connectivity index (χ4n) is 4.77. The Kier molecular flexibility index (Phi) is 9.65. The van der Waals surface area contributed by atoms with Crippen molar-refractivity contribution in [2.75, 3.05) is 0 Å². The maximum absolute atomic E-state index is 13.1. The van der Waals surface area contributed by atoms with Crippen LogP contribution >= 0.6 is 0 Å². The molecular weight excluding hydrogens is 454 g/mol. The number of nitrogens with zero attached hydrogens (tertiary/aromatic N) is 1. The summed E-state index contributed by atoms with van der Waals surface area (Å²) < 4.78 is 6.03. The molecule has 0 spiro atoms. The van der Waals surface area contributed by atoms with Gasteiger partial charge in [-0.25, -0.2) is 4.79 Å². The van der Waals surface area contributed by atoms with E-state index < -0.39 is 18.3 Å². The number of phenols is 1. The Balaban J connectivity index is 2.03. The van der Waals surface area contributed by atoms with E-state index in [1.165, 1.54) is 0 Å². The maximum Gasteiger partial charge on any atom is 0.341 e. The zero-order valence-electron chi connectivity index (χ0n) is 21.4. The van der Waals surface area contributed by atoms with Crippen LogP contribution in [0.3, 0.4) is 0 Å². The molecule has 1 unspecified atom stereocenters. The van der Waals surface area contributed by atoms with Crippen molar-refractivity contribution in [1.29, 1.82) is 0 Å². The number of carbonyl (C=O) groups excluding carboxylic acids is 1. The summed E-state index contributed by atoms with van der Waals surface area (Å²) in [6.07, 6.45) is -1.75. The molecule has 3 atom stereocenters. The van der Waals surface area contributed by atoms with Crippen LogP contribution in [0.5, 0.6) is 5.75 Å². The molecule has 6 heteroatoms. The highest BCUT2D eigenvalue weighted by atomic mass is 16.6. The van der Waals surface area contributed by atoms with Gasteiger partial charge in [0.15, 0.2) is 12.3 Å². The van der Waals surface area contributed by atoms with Crippen LogP contribution in [0.15, 0.2) is 78.9 Å². The van der Waals surface area contributed by atoms with Crippen molar-refractivity contribution in [1.82, 2.24) is 4.90 Å². The number of esters is 1. The van der Waals surface area contributed by atoms with Gasteiger partial charge in [0.05, 0.1) is 6.61 Å². The van der Waals surface area contributed by atoms with E-state index in [1.807, 2.05) is 64.1 Å². The molecule has 0 aliphatic carbocycles. The van der Waals surface area contributed by atoms with Gasteiger partial charge < -0.3 is 20.1 Å². The van der Waals surface area contributed by atoms with Gasteiger partial charge in [-0.05, 0) is 56.5 Å². The lowest BCUT2D eigenvalue weighted by molar-refractivity contribution is -0.174. The molecule has 0 saturated heterocycles. The van der Waals surface area contributed by atoms with E-state index in [-0.39, 0.29) is 30.4 Å². The molecule has 3 aromatic carbocycles. The number of hydrogen-bond donors (Lipinski definition) is 3. The molecular formula is C30H37NO5. The van der Waals surface area contributed by atoms with E-state index in [9.17, 15) is 20.1 Å². The molecule has 0 aliphatic heterocycles. The number of phenolic OH excluding ortho intramolecular Hbond substituents is 1. The molecule has 0 bridgehead atoms. The SMILES string of the molecule is CC(C)N(C(C)C)C(C[C@H](c1ccccc1)c1cc(CO)ccc1O)OC(=O)[C@H](O)c1ccccc1. The average Bonchev–Trinajstić information content (AvgIpc) is 2.87. The highest BCUT2D eigenvalue weighted by Crippen LogP contribution is 2.37. The second-order valence-electron chi connectivity index (χ2n) is 9.59. The van der Waals surface area contributed by atoms with Gasteiger partial charge in [0.25, 0.3) is 0 Å². The second kappa shape index (κ2) is 12.7. The fraction of sp³-hybridized carbons (Fsp3) is 0.367. The monoisotopic (exact) mass is 491 g/mol. The number of rotatable bonds is 11. The molecule has 0 fully saturated rings. The van der Waals surface area contributed by atoms with Crippen LogP contribution in [0.4, 0.5) is 0 Å². The quantitative estimate of drug-likeness (QED) is 0.255. The summed E-state index contributed by atoms with van der Waals surface area (Å²) in [5.41, 5.74) is 2.74. The Hall–Kier alpha value is -3.19. The third-order valence-electron chi connectivity index (χ3n) is 6.41. The lowest BCUT2D eigenvalue weighted by atomic mass is 9.86. The van der Waals surface area contributed by atoms with Crippen LogP contribution in [-0.2, 0) is 16.1 Å². The number of hydrogen-bond acceptors (Lipinski definition) is 6. The van der Waals surface area contributed by atoms with Gasteiger partial charge in [-0.1, -0.05) is 66.7 Å². The first-order valence-corrected chi connectivity index (χ1v) is 12.4. The van der Waals surface area contributed by atoms with Crippen molar-refractivity contribution in [3.63, 3.8) is 0 Å². The fourth-order valence-corrected chi connectivity index (χ4v) is 4.77. The van der Waals surface area contributed by atoms with E-state index in [0.717, 1.165) is 5.56 Å². The number of aliphatic hydroxyl groups excluding tert-OH is 2. The summed E-state index contributed by atoms with van der Waals surface area (Å²) in [6.45, 7) is 8.00. The van der Waals surface area contributed by atoms with Gasteiger partial charge >= 0.3 is 5.97 Å². The first kappa shape index (κ1) is 27.4. The van der Waals surface area contributed by atoms with Crippen molar-refractivity contribution in [2.45, 2.75) is 71.1 Å². The molecule has 0 heterocycles. The number of carbonyl (C=O) groups is 1. The van der Waals surface area contributed by atoms with Crippen molar-refractivity contribution < 1.29 is 24.9 Å². The van der Waals surface area contributed by atoms with E-state index in [2.05, 4.69) is 4.90 Å². The summed E-state index contributed by atoms with van der Waals surface area (Å²) in [7, 11) is 0. The molecule has 36 heavy (non-hydrogen) atoms. The first-order chi connectivity index (χ1) is 17.2. The third-order valence-corrected chi connectivity index (χ3v) is 6.41. The van der Waals surface area contributed by atoms with E-state index in [4.69, 9.17) is 4.74 Å². The summed E-state index contributed by atoms with van der Waals surface area (Å²) in [5, 5.41) is 31.2. The smallest absolute Gasteiger partial charge is 0.341 e. The summed E-state index contributed by atoms with van der Waals surface area (Å²) in [6, 6.07) is 23.6. The van der Waals surface area contributed by atoms with Gasteiger partial charge in [-0.15, -0.1) is 0 Å². The average molecular weight is 492 g/mol. The molecule has 192 valence electrons. The number of ether oxygens (including phenoxy) is 1. The molecule has 3 N–H and O–H groups in total. The normalized spacial score (nSPS) is 14.1. The zero-order valence-corrected chi connectivity index (χ0v) is 21.4. The van der Waals surface area contributed by atoms with Crippen LogP contribution in [0.25, 0.3) is 0 Å². The lowest BCUT2D eigenvalue weighted by Crippen LogP contribution is -2.48. The van der Waals surface area contributed by atoms with Gasteiger partial charge in [0.2, 0.25) is 0 Å². The highest BCUT2D eigenvalue weighted by molar-refractivity contribution is 5.76. The molecule has 0 aromatic heterocycles. The van der Waals surface area contributed by atoms with Crippen molar-refractivity contribution in [3.05, 3.63) is 101 Å². The lowest BCUT2D eigenvalue weighted by Gasteiger charge is -2.39. The first-order valence-electron chi connectivity index (χ1n) is 12.4. The topological polar surface area (TPSA) is 90.2 Å². The largest absolute Gasteiger partial charge is 0.508 e. The number of benzene rings is 3. The molecule has 6 nitrogen and oxygen atoms in total. The Morgan fingerprint density at radius 2 is 1.42 bits per heavy atom. The van der Waals surface area contributed by atoms with Gasteiger partial charge in [-0.2, -0.15) is 0 Å². The van der Waals surface area contributed by atoms with Crippen LogP contribution in [0.2, 0.25) is 0 Å². The zero-order chi connectivity index (χ0) is 26.2. The Bertz CT molecular complexity index is 1090. The third kappa shape index (κ3) is 6.72. The van der Waals surface area contributed by atoms with Crippen molar-refractivity contribution in [3.8, 4) is 5.75 Å². The maximum atomic E-state index is 13.1. The number of aromatic hydroxyl groups is 1. The minimum atomic E-state index is -1.41. The highest BCUT2D eigenvalue weighted by Gasteiger charge is 2.34. The second-order valence-corrected chi connectivity index (χ2v) is 9.59. The molecule has 3 aromatic rings. The summed E-state index contributed by atoms with van der Waals surface area (Å²) >= 11 is 0. The Morgan fingerprint density at radius 3 is 1.94 bits per heavy atom. The van der Waals surface area contributed by atoms with Crippen LogP contribution in [-0.4, -0.2) is 44.5 Å². The van der Waals surface area contributed by atoms with Gasteiger partial charge in [0, 0.05) is 30.0 Å². The molecule has 0 saturated carbocycles. The van der Waals surface area contributed by atoms with Crippen molar-refractivity contribution >= 4 is 5.97 Å². The Labute approximate surface area is 213 Å². The minimum absolute atomic E-state index is 0.0467. The molecule has 0 radical (unpaired) electrons. The van der Waals surface area contributed by atoms with Gasteiger partial charge in [0.1, 0.15) is 5.75 Å². The molecule has 0 amide bonds. The molecule has 0 aliphatic rings.